The molecular formula is C12H25N. The van der Waals surface area contributed by atoms with E-state index in [4.69, 9.17) is 0 Å². The highest BCUT2D eigenvalue weighted by molar-refractivity contribution is 4.78. The van der Waals surface area contributed by atoms with Crippen LogP contribution >= 0.6 is 0 Å². The monoisotopic (exact) mass is 183 g/mol. The molecular weight excluding hydrogens is 158 g/mol. The fourth-order valence-electron chi connectivity index (χ4n) is 1.40. The van der Waals surface area contributed by atoms with Crippen LogP contribution in [0.4, 0.5) is 0 Å². The van der Waals surface area contributed by atoms with E-state index in [1.807, 2.05) is 0 Å². The van der Waals surface area contributed by atoms with Crippen LogP contribution in [0.15, 0.2) is 12.2 Å². The van der Waals surface area contributed by atoms with Crippen molar-refractivity contribution in [2.75, 3.05) is 13.1 Å². The van der Waals surface area contributed by atoms with Crippen LogP contribution in [-0.4, -0.2) is 24.0 Å². The van der Waals surface area contributed by atoms with Gasteiger partial charge in [0.1, 0.15) is 0 Å². The molecule has 1 heteroatoms. The molecule has 78 valence electrons. The van der Waals surface area contributed by atoms with Gasteiger partial charge < -0.3 is 4.90 Å². The first-order valence-electron chi connectivity index (χ1n) is 5.57. The summed E-state index contributed by atoms with van der Waals surface area (Å²) in [5.74, 6) is 0. The van der Waals surface area contributed by atoms with Gasteiger partial charge in [-0.3, -0.25) is 0 Å². The third kappa shape index (κ3) is 6.83. The fraction of sp³-hybridized carbons (Fsp3) is 0.833. The third-order valence-corrected chi connectivity index (χ3v) is 2.35. The van der Waals surface area contributed by atoms with Gasteiger partial charge >= 0.3 is 0 Å². The largest absolute Gasteiger partial charge is 0.301 e. The molecule has 0 aliphatic carbocycles. The Labute approximate surface area is 83.8 Å². The van der Waals surface area contributed by atoms with Gasteiger partial charge in [-0.05, 0) is 40.2 Å². The van der Waals surface area contributed by atoms with E-state index in [-0.39, 0.29) is 0 Å². The van der Waals surface area contributed by atoms with E-state index in [9.17, 15) is 0 Å². The summed E-state index contributed by atoms with van der Waals surface area (Å²) in [7, 11) is 0. The van der Waals surface area contributed by atoms with Gasteiger partial charge in [0.05, 0.1) is 0 Å². The van der Waals surface area contributed by atoms with E-state index in [1.165, 1.54) is 32.4 Å². The highest BCUT2D eigenvalue weighted by Crippen LogP contribution is 2.03. The van der Waals surface area contributed by atoms with Crippen LogP contribution < -0.4 is 0 Å². The Bertz CT molecular complexity index is 127. The number of hydrogen-bond acceptors (Lipinski definition) is 1. The van der Waals surface area contributed by atoms with Gasteiger partial charge in [0.2, 0.25) is 0 Å². The minimum absolute atomic E-state index is 0.691. The van der Waals surface area contributed by atoms with Crippen molar-refractivity contribution in [2.45, 2.75) is 53.0 Å². The zero-order valence-corrected chi connectivity index (χ0v) is 9.71. The molecule has 0 unspecified atom stereocenters. The van der Waals surface area contributed by atoms with Crippen LogP contribution in [0.2, 0.25) is 0 Å². The SMILES string of the molecule is C/C=C\CCN(CCCC)C(C)C. The van der Waals surface area contributed by atoms with Gasteiger partial charge in [-0.1, -0.05) is 25.5 Å². The van der Waals surface area contributed by atoms with Crippen molar-refractivity contribution in [1.29, 1.82) is 0 Å². The highest BCUT2D eigenvalue weighted by atomic mass is 15.1. The predicted octanol–water partition coefficient (Wildman–Crippen LogP) is 3.46. The third-order valence-electron chi connectivity index (χ3n) is 2.35. The maximum atomic E-state index is 2.56. The molecule has 0 spiro atoms. The van der Waals surface area contributed by atoms with E-state index in [1.54, 1.807) is 0 Å². The average Bonchev–Trinajstić information content (AvgIpc) is 2.10. The van der Waals surface area contributed by atoms with Gasteiger partial charge in [0.15, 0.2) is 0 Å². The van der Waals surface area contributed by atoms with E-state index in [2.05, 4.69) is 44.7 Å². The Morgan fingerprint density at radius 1 is 1.23 bits per heavy atom. The number of nitrogens with zero attached hydrogens (tertiary/aromatic N) is 1. The highest BCUT2D eigenvalue weighted by Gasteiger charge is 2.06. The van der Waals surface area contributed by atoms with Crippen LogP contribution in [0, 0.1) is 0 Å². The van der Waals surface area contributed by atoms with Crippen LogP contribution in [0.25, 0.3) is 0 Å². The lowest BCUT2D eigenvalue weighted by Gasteiger charge is -2.25. The maximum absolute atomic E-state index is 2.56. The molecule has 0 heterocycles. The van der Waals surface area contributed by atoms with Crippen LogP contribution in [-0.2, 0) is 0 Å². The van der Waals surface area contributed by atoms with Crippen molar-refractivity contribution in [2.24, 2.45) is 0 Å². The van der Waals surface area contributed by atoms with Gasteiger partial charge in [0, 0.05) is 12.6 Å². The number of rotatable bonds is 7. The molecule has 13 heavy (non-hydrogen) atoms. The van der Waals surface area contributed by atoms with E-state index < -0.39 is 0 Å². The topological polar surface area (TPSA) is 3.24 Å². The van der Waals surface area contributed by atoms with Crippen molar-refractivity contribution in [3.05, 3.63) is 12.2 Å². The molecule has 0 amide bonds. The van der Waals surface area contributed by atoms with Crippen molar-refractivity contribution in [3.63, 3.8) is 0 Å². The lowest BCUT2D eigenvalue weighted by molar-refractivity contribution is 0.222. The van der Waals surface area contributed by atoms with Crippen molar-refractivity contribution in [1.82, 2.24) is 4.90 Å². The van der Waals surface area contributed by atoms with Crippen molar-refractivity contribution < 1.29 is 0 Å². The predicted molar refractivity (Wildman–Crippen MR) is 61.0 cm³/mol. The second kappa shape index (κ2) is 8.31. The Hall–Kier alpha value is -0.300. The number of unbranched alkanes of at least 4 members (excludes halogenated alkanes) is 1. The van der Waals surface area contributed by atoms with Crippen molar-refractivity contribution >= 4 is 0 Å². The molecule has 0 atom stereocenters. The van der Waals surface area contributed by atoms with Crippen molar-refractivity contribution in [3.8, 4) is 0 Å². The smallest absolute Gasteiger partial charge is 0.00387 e. The summed E-state index contributed by atoms with van der Waals surface area (Å²) in [6, 6.07) is 0.691. The lowest BCUT2D eigenvalue weighted by Crippen LogP contribution is -2.32. The van der Waals surface area contributed by atoms with Gasteiger partial charge in [-0.25, -0.2) is 0 Å². The fourth-order valence-corrected chi connectivity index (χ4v) is 1.40. The standard InChI is InChI=1S/C12H25N/c1-5-7-9-11-13(12(3)4)10-8-6-2/h5,7,12H,6,8-11H2,1-4H3/b7-5-. The summed E-state index contributed by atoms with van der Waals surface area (Å²) in [5.41, 5.74) is 0. The first-order chi connectivity index (χ1) is 6.22. The number of allylic oxidation sites excluding steroid dienone is 1. The molecule has 1 nitrogen and oxygen atoms in total. The minimum Gasteiger partial charge on any atom is -0.301 e. The van der Waals surface area contributed by atoms with E-state index in [0.29, 0.717) is 6.04 Å². The summed E-state index contributed by atoms with van der Waals surface area (Å²) < 4.78 is 0. The molecule has 0 saturated heterocycles. The molecule has 0 aromatic carbocycles. The summed E-state index contributed by atoms with van der Waals surface area (Å²) in [4.78, 5) is 2.56. The summed E-state index contributed by atoms with van der Waals surface area (Å²) >= 11 is 0. The molecule has 0 radical (unpaired) electrons. The summed E-state index contributed by atoms with van der Waals surface area (Å²) in [6.07, 6.45) is 8.21. The van der Waals surface area contributed by atoms with E-state index >= 15 is 0 Å². The lowest BCUT2D eigenvalue weighted by atomic mass is 10.2. The van der Waals surface area contributed by atoms with Crippen LogP contribution in [0.5, 0.6) is 0 Å². The number of hydrogen-bond donors (Lipinski definition) is 0. The first-order valence-corrected chi connectivity index (χ1v) is 5.57. The Kier molecular flexibility index (Phi) is 8.11. The molecule has 0 aromatic rings. The second-order valence-corrected chi connectivity index (χ2v) is 3.84. The minimum atomic E-state index is 0.691. The molecule has 0 saturated carbocycles. The molecule has 0 aliphatic heterocycles. The molecule has 0 aromatic heterocycles. The van der Waals surface area contributed by atoms with Crippen LogP contribution in [0.1, 0.15) is 47.0 Å². The second-order valence-electron chi connectivity index (χ2n) is 3.84. The Balaban J connectivity index is 3.66. The normalized spacial score (nSPS) is 12.2. The molecule has 0 fully saturated rings. The summed E-state index contributed by atoms with van der Waals surface area (Å²) in [5, 5.41) is 0. The van der Waals surface area contributed by atoms with E-state index in [0.717, 1.165) is 0 Å². The summed E-state index contributed by atoms with van der Waals surface area (Å²) in [6.45, 7) is 11.4. The molecule has 0 rings (SSSR count). The Morgan fingerprint density at radius 3 is 2.38 bits per heavy atom. The molecule has 0 aliphatic rings. The zero-order valence-electron chi connectivity index (χ0n) is 9.71. The van der Waals surface area contributed by atoms with Gasteiger partial charge in [-0.15, -0.1) is 0 Å². The zero-order chi connectivity index (χ0) is 10.1. The molecule has 0 bridgehead atoms. The average molecular weight is 183 g/mol. The Morgan fingerprint density at radius 2 is 1.92 bits per heavy atom. The van der Waals surface area contributed by atoms with Gasteiger partial charge in [-0.2, -0.15) is 0 Å². The quantitative estimate of drug-likeness (QED) is 0.546. The molecule has 0 N–H and O–H groups in total. The maximum Gasteiger partial charge on any atom is 0.00387 e. The van der Waals surface area contributed by atoms with Crippen LogP contribution in [0.3, 0.4) is 0 Å². The van der Waals surface area contributed by atoms with Gasteiger partial charge in [0.25, 0.3) is 0 Å². The first kappa shape index (κ1) is 12.7.